The average molecular weight is 340 g/mol. The van der Waals surface area contributed by atoms with Crippen molar-refractivity contribution in [3.8, 4) is 0 Å². The van der Waals surface area contributed by atoms with Crippen molar-refractivity contribution in [3.63, 3.8) is 0 Å². The molecular formula is C15H15F3N4S. The molecule has 8 heteroatoms. The Morgan fingerprint density at radius 3 is 2.74 bits per heavy atom. The Hall–Kier alpha value is -2.09. The summed E-state index contributed by atoms with van der Waals surface area (Å²) in [5.41, 5.74) is 1.35. The van der Waals surface area contributed by atoms with Crippen molar-refractivity contribution in [3.05, 3.63) is 42.0 Å². The van der Waals surface area contributed by atoms with Gasteiger partial charge < -0.3 is 9.47 Å². The molecule has 0 aliphatic carbocycles. The summed E-state index contributed by atoms with van der Waals surface area (Å²) in [6.45, 7) is 0.532. The van der Waals surface area contributed by atoms with Crippen molar-refractivity contribution < 1.29 is 13.2 Å². The Morgan fingerprint density at radius 1 is 1.26 bits per heavy atom. The van der Waals surface area contributed by atoms with Gasteiger partial charge in [-0.3, -0.25) is 4.39 Å². The minimum Gasteiger partial charge on any atom is -0.342 e. The first kappa shape index (κ1) is 15.8. The van der Waals surface area contributed by atoms with Crippen LogP contribution >= 0.6 is 11.3 Å². The van der Waals surface area contributed by atoms with Crippen LogP contribution in [0.4, 0.5) is 18.3 Å². The Morgan fingerprint density at radius 2 is 2.04 bits per heavy atom. The third-order valence-corrected chi connectivity index (χ3v) is 4.60. The zero-order valence-electron chi connectivity index (χ0n) is 12.5. The first-order chi connectivity index (χ1) is 11.1. The summed E-state index contributed by atoms with van der Waals surface area (Å²) in [6, 6.07) is 2.23. The van der Waals surface area contributed by atoms with E-state index < -0.39 is 18.3 Å². The zero-order valence-corrected chi connectivity index (χ0v) is 13.3. The highest BCUT2D eigenvalue weighted by atomic mass is 32.1. The van der Waals surface area contributed by atoms with Gasteiger partial charge in [-0.1, -0.05) is 11.3 Å². The maximum absolute atomic E-state index is 13.3. The maximum atomic E-state index is 13.3. The number of nitrogens with zero attached hydrogens (tertiary/aromatic N) is 4. The molecule has 3 rings (SSSR count). The molecular weight excluding hydrogens is 325 g/mol. The third-order valence-electron chi connectivity index (χ3n) is 3.52. The largest absolute Gasteiger partial charge is 0.342 e. The number of hydrogen-bond acceptors (Lipinski definition) is 4. The van der Waals surface area contributed by atoms with Gasteiger partial charge in [-0.15, -0.1) is 0 Å². The van der Waals surface area contributed by atoms with E-state index >= 15 is 0 Å². The molecule has 1 aromatic carbocycles. The van der Waals surface area contributed by atoms with Crippen molar-refractivity contribution in [1.82, 2.24) is 14.5 Å². The van der Waals surface area contributed by atoms with Crippen molar-refractivity contribution in [1.29, 1.82) is 0 Å². The second-order valence-corrected chi connectivity index (χ2v) is 6.20. The van der Waals surface area contributed by atoms with Crippen LogP contribution in [0.1, 0.15) is 12.1 Å². The van der Waals surface area contributed by atoms with Crippen LogP contribution in [0, 0.1) is 11.6 Å². The molecule has 0 saturated heterocycles. The first-order valence-corrected chi connectivity index (χ1v) is 7.92. The van der Waals surface area contributed by atoms with Crippen molar-refractivity contribution >= 4 is 26.7 Å². The minimum absolute atomic E-state index is 0.358. The smallest absolute Gasteiger partial charge is 0.186 e. The molecule has 0 aliphatic rings. The van der Waals surface area contributed by atoms with Crippen LogP contribution in [-0.4, -0.2) is 27.8 Å². The maximum Gasteiger partial charge on any atom is 0.186 e. The van der Waals surface area contributed by atoms with Gasteiger partial charge in [-0.25, -0.2) is 18.7 Å². The van der Waals surface area contributed by atoms with Crippen LogP contribution in [-0.2, 0) is 13.6 Å². The lowest BCUT2D eigenvalue weighted by Gasteiger charge is -2.21. The highest BCUT2D eigenvalue weighted by molar-refractivity contribution is 7.22. The SMILES string of the molecule is Cn1cncc1CN(CCCF)c1nc2cc(F)c(F)cc2s1. The third kappa shape index (κ3) is 3.31. The average Bonchev–Trinajstić information content (AvgIpc) is 3.10. The second kappa shape index (κ2) is 6.57. The molecule has 0 spiro atoms. The van der Waals surface area contributed by atoms with Gasteiger partial charge in [0.1, 0.15) is 0 Å². The minimum atomic E-state index is -0.920. The molecule has 122 valence electrons. The molecule has 0 unspecified atom stereocenters. The molecule has 2 heterocycles. The number of anilines is 1. The van der Waals surface area contributed by atoms with Crippen LogP contribution in [0.3, 0.4) is 0 Å². The Balaban J connectivity index is 1.93. The van der Waals surface area contributed by atoms with E-state index in [1.165, 1.54) is 11.3 Å². The number of halogens is 3. The number of alkyl halides is 1. The molecule has 0 atom stereocenters. The van der Waals surface area contributed by atoms with E-state index in [1.54, 1.807) is 12.5 Å². The van der Waals surface area contributed by atoms with E-state index in [9.17, 15) is 13.2 Å². The fraction of sp³-hybridized carbons (Fsp3) is 0.333. The fourth-order valence-electron chi connectivity index (χ4n) is 2.27. The van der Waals surface area contributed by atoms with E-state index in [1.807, 2.05) is 16.5 Å². The summed E-state index contributed by atoms with van der Waals surface area (Å²) < 4.78 is 41.7. The van der Waals surface area contributed by atoms with Gasteiger partial charge in [0, 0.05) is 25.9 Å². The number of aromatic nitrogens is 3. The molecule has 0 saturated carbocycles. The quantitative estimate of drug-likeness (QED) is 0.686. The van der Waals surface area contributed by atoms with Crippen molar-refractivity contribution in [2.45, 2.75) is 13.0 Å². The molecule has 0 aliphatic heterocycles. The highest BCUT2D eigenvalue weighted by Gasteiger charge is 2.16. The van der Waals surface area contributed by atoms with Crippen LogP contribution < -0.4 is 4.90 Å². The summed E-state index contributed by atoms with van der Waals surface area (Å²) in [5.74, 6) is -1.81. The predicted molar refractivity (Wildman–Crippen MR) is 84.4 cm³/mol. The van der Waals surface area contributed by atoms with E-state index in [4.69, 9.17) is 0 Å². The van der Waals surface area contributed by atoms with Gasteiger partial charge in [0.15, 0.2) is 16.8 Å². The van der Waals surface area contributed by atoms with Crippen LogP contribution in [0.5, 0.6) is 0 Å². The molecule has 4 nitrogen and oxygen atoms in total. The van der Waals surface area contributed by atoms with Crippen LogP contribution in [0.15, 0.2) is 24.7 Å². The predicted octanol–water partition coefficient (Wildman–Crippen LogP) is 3.67. The lowest BCUT2D eigenvalue weighted by Crippen LogP contribution is -2.25. The molecule has 0 N–H and O–H groups in total. The van der Waals surface area contributed by atoms with Gasteiger partial charge in [-0.2, -0.15) is 0 Å². The number of aryl methyl sites for hydroxylation is 1. The Bertz CT molecular complexity index is 775. The van der Waals surface area contributed by atoms with Gasteiger partial charge in [0.2, 0.25) is 0 Å². The normalized spacial score (nSPS) is 11.3. The molecule has 2 aromatic heterocycles. The standard InChI is InChI=1S/C15H15F3N4S/c1-21-9-19-7-10(21)8-22(4-2-3-16)15-20-13-5-11(17)12(18)6-14(13)23-15/h5-7,9H,2-4,8H2,1H3. The lowest BCUT2D eigenvalue weighted by molar-refractivity contribution is 0.470. The number of thiazole rings is 1. The Labute approximate surface area is 135 Å². The molecule has 0 fully saturated rings. The highest BCUT2D eigenvalue weighted by Crippen LogP contribution is 2.31. The number of benzene rings is 1. The number of hydrogen-bond donors (Lipinski definition) is 0. The summed E-state index contributed by atoms with van der Waals surface area (Å²) >= 11 is 1.26. The van der Waals surface area contributed by atoms with Gasteiger partial charge in [0.25, 0.3) is 0 Å². The Kier molecular flexibility index (Phi) is 4.51. The topological polar surface area (TPSA) is 34.0 Å². The molecule has 0 radical (unpaired) electrons. The fourth-order valence-corrected chi connectivity index (χ4v) is 3.27. The molecule has 23 heavy (non-hydrogen) atoms. The molecule has 3 aromatic rings. The lowest BCUT2D eigenvalue weighted by atomic mass is 10.3. The summed E-state index contributed by atoms with van der Waals surface area (Å²) in [7, 11) is 1.87. The van der Waals surface area contributed by atoms with Gasteiger partial charge >= 0.3 is 0 Å². The van der Waals surface area contributed by atoms with Gasteiger partial charge in [-0.05, 0) is 12.5 Å². The van der Waals surface area contributed by atoms with E-state index in [2.05, 4.69) is 9.97 Å². The number of imidazole rings is 1. The summed E-state index contributed by atoms with van der Waals surface area (Å²) in [5, 5.41) is 0.611. The van der Waals surface area contributed by atoms with E-state index in [0.717, 1.165) is 17.8 Å². The van der Waals surface area contributed by atoms with Crippen LogP contribution in [0.25, 0.3) is 10.2 Å². The van der Waals surface area contributed by atoms with E-state index in [-0.39, 0.29) is 0 Å². The number of fused-ring (bicyclic) bond motifs is 1. The van der Waals surface area contributed by atoms with Crippen molar-refractivity contribution in [2.24, 2.45) is 7.05 Å². The molecule has 0 amide bonds. The number of rotatable bonds is 6. The first-order valence-electron chi connectivity index (χ1n) is 7.10. The monoisotopic (exact) mass is 340 g/mol. The van der Waals surface area contributed by atoms with Crippen molar-refractivity contribution in [2.75, 3.05) is 18.1 Å². The zero-order chi connectivity index (χ0) is 16.4. The van der Waals surface area contributed by atoms with Crippen LogP contribution in [0.2, 0.25) is 0 Å². The van der Waals surface area contributed by atoms with E-state index in [0.29, 0.717) is 34.9 Å². The second-order valence-electron chi connectivity index (χ2n) is 5.19. The van der Waals surface area contributed by atoms with Gasteiger partial charge in [0.05, 0.1) is 35.5 Å². The molecule has 0 bridgehead atoms. The summed E-state index contributed by atoms with van der Waals surface area (Å²) in [6.07, 6.45) is 3.78. The summed E-state index contributed by atoms with van der Waals surface area (Å²) in [4.78, 5) is 10.3.